The molecule has 0 radical (unpaired) electrons. The van der Waals surface area contributed by atoms with Gasteiger partial charge in [-0.2, -0.15) is 0 Å². The first kappa shape index (κ1) is 14.1. The molecule has 2 N–H and O–H groups in total. The van der Waals surface area contributed by atoms with E-state index in [-0.39, 0.29) is 23.3 Å². The number of benzene rings is 1. The number of hydrogen-bond acceptors (Lipinski definition) is 5. The smallest absolute Gasteiger partial charge is 0.371 e. The third-order valence-electron chi connectivity index (χ3n) is 3.62. The summed E-state index contributed by atoms with van der Waals surface area (Å²) in [7, 11) is -2.88. The number of nitrogens with one attached hydrogen (secondary N) is 1. The van der Waals surface area contributed by atoms with Crippen LogP contribution in [0.4, 0.5) is 0 Å². The summed E-state index contributed by atoms with van der Waals surface area (Å²) in [5, 5.41) is 12.8. The Kier molecular flexibility index (Phi) is 3.46. The summed E-state index contributed by atoms with van der Waals surface area (Å²) < 4.78 is 28.0. The van der Waals surface area contributed by atoms with Crippen LogP contribution in [0.25, 0.3) is 11.0 Å². The normalized spacial score (nSPS) is 20.9. The van der Waals surface area contributed by atoms with Crippen molar-refractivity contribution in [3.05, 3.63) is 35.6 Å². The van der Waals surface area contributed by atoms with Gasteiger partial charge >= 0.3 is 5.97 Å². The molecule has 1 fully saturated rings. The van der Waals surface area contributed by atoms with Gasteiger partial charge in [-0.05, 0) is 30.2 Å². The second-order valence-corrected chi connectivity index (χ2v) is 7.50. The van der Waals surface area contributed by atoms with Crippen LogP contribution in [0.1, 0.15) is 22.5 Å². The van der Waals surface area contributed by atoms with Crippen LogP contribution in [0.3, 0.4) is 0 Å². The number of carboxylic acids is 1. The molecule has 0 aliphatic carbocycles. The lowest BCUT2D eigenvalue weighted by Crippen LogP contribution is -2.29. The predicted molar refractivity (Wildman–Crippen MR) is 77.1 cm³/mol. The van der Waals surface area contributed by atoms with Crippen molar-refractivity contribution in [2.75, 3.05) is 11.5 Å². The molecule has 7 heteroatoms. The second-order valence-electron chi connectivity index (χ2n) is 5.27. The summed E-state index contributed by atoms with van der Waals surface area (Å²) >= 11 is 0. The topological polar surface area (TPSA) is 96.6 Å². The minimum absolute atomic E-state index is 0.00960. The second kappa shape index (κ2) is 5.16. The number of fused-ring (bicyclic) bond motifs is 1. The van der Waals surface area contributed by atoms with E-state index in [4.69, 9.17) is 9.52 Å². The molecule has 0 amide bonds. The Bertz CT molecular complexity index is 793. The molecular weight excluding hydrogens is 294 g/mol. The van der Waals surface area contributed by atoms with Crippen LogP contribution in [-0.2, 0) is 16.4 Å². The Balaban J connectivity index is 1.71. The molecule has 1 aliphatic rings. The van der Waals surface area contributed by atoms with Crippen LogP contribution in [0.15, 0.2) is 28.7 Å². The fraction of sp³-hybridized carbons (Fsp3) is 0.357. The van der Waals surface area contributed by atoms with Crippen molar-refractivity contribution >= 4 is 26.8 Å². The number of carboxylic acid groups (broad SMARTS) is 1. The van der Waals surface area contributed by atoms with Crippen molar-refractivity contribution in [2.24, 2.45) is 0 Å². The quantitative estimate of drug-likeness (QED) is 0.886. The summed E-state index contributed by atoms with van der Waals surface area (Å²) in [6.45, 7) is 0.545. The Morgan fingerprint density at radius 2 is 2.19 bits per heavy atom. The number of aromatic carboxylic acids is 1. The van der Waals surface area contributed by atoms with E-state index in [1.54, 1.807) is 6.07 Å². The van der Waals surface area contributed by atoms with Crippen LogP contribution in [0.2, 0.25) is 0 Å². The minimum atomic E-state index is -2.88. The molecule has 2 heterocycles. The van der Waals surface area contributed by atoms with Gasteiger partial charge in [-0.25, -0.2) is 13.2 Å². The Morgan fingerprint density at radius 3 is 2.86 bits per heavy atom. The molecule has 1 aromatic carbocycles. The summed E-state index contributed by atoms with van der Waals surface area (Å²) in [6.07, 6.45) is 0.638. The number of sulfone groups is 1. The van der Waals surface area contributed by atoms with Gasteiger partial charge in [0, 0.05) is 18.0 Å². The largest absolute Gasteiger partial charge is 0.475 e. The van der Waals surface area contributed by atoms with E-state index in [0.29, 0.717) is 18.5 Å². The number of hydrogen-bond donors (Lipinski definition) is 2. The van der Waals surface area contributed by atoms with Gasteiger partial charge in [0.25, 0.3) is 0 Å². The summed E-state index contributed by atoms with van der Waals surface area (Å²) in [5.74, 6) is -0.753. The molecule has 3 rings (SSSR count). The molecule has 1 atom stereocenters. The first-order valence-corrected chi connectivity index (χ1v) is 8.45. The van der Waals surface area contributed by atoms with E-state index >= 15 is 0 Å². The monoisotopic (exact) mass is 309 g/mol. The molecule has 1 saturated heterocycles. The molecule has 6 nitrogen and oxygen atoms in total. The van der Waals surface area contributed by atoms with E-state index in [0.717, 1.165) is 10.9 Å². The Labute approximate surface area is 121 Å². The maximum absolute atomic E-state index is 11.4. The van der Waals surface area contributed by atoms with Crippen LogP contribution >= 0.6 is 0 Å². The third-order valence-corrected chi connectivity index (χ3v) is 5.39. The fourth-order valence-electron chi connectivity index (χ4n) is 2.53. The lowest BCUT2D eigenvalue weighted by molar-refractivity contribution is 0.0665. The lowest BCUT2D eigenvalue weighted by atomic mass is 10.1. The zero-order valence-corrected chi connectivity index (χ0v) is 12.0. The van der Waals surface area contributed by atoms with Gasteiger partial charge in [-0.15, -0.1) is 0 Å². The van der Waals surface area contributed by atoms with Crippen molar-refractivity contribution in [1.82, 2.24) is 5.32 Å². The maximum atomic E-state index is 11.4. The van der Waals surface area contributed by atoms with Gasteiger partial charge < -0.3 is 14.8 Å². The highest BCUT2D eigenvalue weighted by molar-refractivity contribution is 7.91. The molecule has 1 aromatic heterocycles. The van der Waals surface area contributed by atoms with Crippen LogP contribution in [0.5, 0.6) is 0 Å². The van der Waals surface area contributed by atoms with Gasteiger partial charge in [0.05, 0.1) is 11.5 Å². The molecule has 0 spiro atoms. The highest BCUT2D eigenvalue weighted by atomic mass is 32.2. The van der Waals surface area contributed by atoms with Crippen molar-refractivity contribution in [3.8, 4) is 0 Å². The Hall–Kier alpha value is -1.86. The van der Waals surface area contributed by atoms with Gasteiger partial charge in [-0.1, -0.05) is 6.07 Å². The van der Waals surface area contributed by atoms with Gasteiger partial charge in [0.2, 0.25) is 5.76 Å². The van der Waals surface area contributed by atoms with E-state index in [9.17, 15) is 13.2 Å². The number of carbonyl (C=O) groups is 1. The van der Waals surface area contributed by atoms with Crippen molar-refractivity contribution < 1.29 is 22.7 Å². The summed E-state index contributed by atoms with van der Waals surface area (Å²) in [4.78, 5) is 10.9. The first-order valence-electron chi connectivity index (χ1n) is 6.62. The molecule has 0 bridgehead atoms. The van der Waals surface area contributed by atoms with Crippen molar-refractivity contribution in [1.29, 1.82) is 0 Å². The zero-order chi connectivity index (χ0) is 15.0. The predicted octanol–water partition coefficient (Wildman–Crippen LogP) is 1.41. The highest BCUT2D eigenvalue weighted by Crippen LogP contribution is 2.21. The first-order chi connectivity index (χ1) is 9.93. The standard InChI is InChI=1S/C14H15NO5S/c16-14(17)13-6-10-5-9(1-2-12(10)20-13)7-15-11-3-4-21(18,19)8-11/h1-2,5-6,11,15H,3-4,7-8H2,(H,16,17). The number of furan rings is 1. The van der Waals surface area contributed by atoms with E-state index < -0.39 is 15.8 Å². The van der Waals surface area contributed by atoms with Crippen LogP contribution in [0, 0.1) is 0 Å². The van der Waals surface area contributed by atoms with E-state index in [1.165, 1.54) is 6.07 Å². The van der Waals surface area contributed by atoms with Crippen LogP contribution in [-0.4, -0.2) is 37.0 Å². The van der Waals surface area contributed by atoms with E-state index in [1.807, 2.05) is 12.1 Å². The van der Waals surface area contributed by atoms with E-state index in [2.05, 4.69) is 5.32 Å². The molecule has 0 saturated carbocycles. The van der Waals surface area contributed by atoms with Gasteiger partial charge in [0.15, 0.2) is 9.84 Å². The lowest BCUT2D eigenvalue weighted by Gasteiger charge is -2.10. The molecule has 1 aliphatic heterocycles. The SMILES string of the molecule is O=C(O)c1cc2cc(CNC3CCS(=O)(=O)C3)ccc2o1. The minimum Gasteiger partial charge on any atom is -0.475 e. The molecule has 1 unspecified atom stereocenters. The van der Waals surface area contributed by atoms with Crippen molar-refractivity contribution in [3.63, 3.8) is 0 Å². The molecule has 112 valence electrons. The molecule has 21 heavy (non-hydrogen) atoms. The average Bonchev–Trinajstić information content (AvgIpc) is 2.99. The average molecular weight is 309 g/mol. The fourth-order valence-corrected chi connectivity index (χ4v) is 4.23. The van der Waals surface area contributed by atoms with Gasteiger partial charge in [-0.3, -0.25) is 0 Å². The molecular formula is C14H15NO5S. The van der Waals surface area contributed by atoms with Crippen molar-refractivity contribution in [2.45, 2.75) is 19.0 Å². The highest BCUT2D eigenvalue weighted by Gasteiger charge is 2.27. The number of rotatable bonds is 4. The zero-order valence-electron chi connectivity index (χ0n) is 11.2. The molecule has 2 aromatic rings. The maximum Gasteiger partial charge on any atom is 0.371 e. The summed E-state index contributed by atoms with van der Waals surface area (Å²) in [6, 6.07) is 6.89. The van der Waals surface area contributed by atoms with Gasteiger partial charge in [0.1, 0.15) is 5.58 Å². The Morgan fingerprint density at radius 1 is 1.38 bits per heavy atom. The third kappa shape index (κ3) is 3.08. The van der Waals surface area contributed by atoms with Crippen LogP contribution < -0.4 is 5.32 Å². The summed E-state index contributed by atoms with van der Waals surface area (Å²) in [5.41, 5.74) is 1.49.